The predicted octanol–water partition coefficient (Wildman–Crippen LogP) is 1.71. The maximum absolute atomic E-state index is 12.6. The zero-order chi connectivity index (χ0) is 31.5. The zero-order valence-electron chi connectivity index (χ0n) is 23.8. The van der Waals surface area contributed by atoms with E-state index in [4.69, 9.17) is 15.6 Å². The minimum Gasteiger partial charge on any atom is -0.416 e. The fourth-order valence-corrected chi connectivity index (χ4v) is 5.28. The van der Waals surface area contributed by atoms with Gasteiger partial charge in [-0.3, -0.25) is 19.3 Å². The van der Waals surface area contributed by atoms with E-state index < -0.39 is 43.6 Å². The van der Waals surface area contributed by atoms with Crippen molar-refractivity contribution in [2.45, 2.75) is 51.6 Å². The van der Waals surface area contributed by atoms with Crippen LogP contribution in [0.1, 0.15) is 49.3 Å². The minimum absolute atomic E-state index is 0.00728. The van der Waals surface area contributed by atoms with Crippen molar-refractivity contribution in [3.05, 3.63) is 70.3 Å². The molecule has 0 saturated carbocycles. The van der Waals surface area contributed by atoms with E-state index in [0.29, 0.717) is 0 Å². The van der Waals surface area contributed by atoms with E-state index in [2.05, 4.69) is 31.1 Å². The Morgan fingerprint density at radius 3 is 2.50 bits per heavy atom. The highest BCUT2D eigenvalue weighted by Gasteiger charge is 2.31. The molecule has 0 fully saturated rings. The van der Waals surface area contributed by atoms with Crippen molar-refractivity contribution >= 4 is 37.4 Å². The summed E-state index contributed by atoms with van der Waals surface area (Å²) in [5, 5.41) is 9.93. The highest BCUT2D eigenvalue weighted by molar-refractivity contribution is 7.94. The normalized spacial score (nSPS) is 16.7. The lowest BCUT2D eigenvalue weighted by molar-refractivity contribution is -0.122. The summed E-state index contributed by atoms with van der Waals surface area (Å²) in [5.41, 5.74) is 1.10. The Morgan fingerprint density at radius 1 is 1.26 bits per heavy atom. The average molecular weight is 620 g/mol. The molecule has 42 heavy (non-hydrogen) atoms. The molecule has 226 valence electrons. The zero-order valence-corrected chi connectivity index (χ0v) is 25.5. The molecule has 0 aliphatic carbocycles. The number of amidine groups is 1. The van der Waals surface area contributed by atoms with Crippen LogP contribution in [0.15, 0.2) is 62.4 Å². The van der Waals surface area contributed by atoms with Crippen molar-refractivity contribution in [2.75, 3.05) is 13.4 Å². The number of hydrogen-bond acceptors (Lipinski definition) is 11. The first-order chi connectivity index (χ1) is 19.7. The molecule has 1 aliphatic heterocycles. The number of Topliss-reactive ketones (excluding diaryl/α,β-unsaturated/α-hetero) is 1. The molecule has 2 N–H and O–H groups in total. The number of nitrogens with zero attached hydrogens (tertiary/aromatic N) is 3. The van der Waals surface area contributed by atoms with Crippen LogP contribution >= 0.6 is 0 Å². The molecule has 1 aliphatic rings. The second kappa shape index (κ2) is 15.2. The Kier molecular flexibility index (Phi) is 12.3. The largest absolute Gasteiger partial charge is 0.416 e. The second-order valence-electron chi connectivity index (χ2n) is 9.05. The van der Waals surface area contributed by atoms with Crippen molar-refractivity contribution in [2.24, 2.45) is 4.99 Å². The maximum Gasteiger partial charge on any atom is 0.286 e. The van der Waals surface area contributed by atoms with Gasteiger partial charge < -0.3 is 14.5 Å². The van der Waals surface area contributed by atoms with Gasteiger partial charge in [0.15, 0.2) is 9.84 Å². The third kappa shape index (κ3) is 10.1. The number of terminal acetylenes is 1. The molecule has 1 aromatic carbocycles. The first-order valence-corrected chi connectivity index (χ1v) is 16.1. The monoisotopic (exact) mass is 619 g/mol. The topological polar surface area (TPSA) is 187 Å². The van der Waals surface area contributed by atoms with Crippen molar-refractivity contribution in [1.82, 2.24) is 20.2 Å². The Balaban J connectivity index is 0.000000468. The van der Waals surface area contributed by atoms with E-state index in [9.17, 15) is 26.4 Å². The van der Waals surface area contributed by atoms with Gasteiger partial charge in [0.25, 0.3) is 15.9 Å². The van der Waals surface area contributed by atoms with Gasteiger partial charge in [0.05, 0.1) is 16.7 Å². The van der Waals surface area contributed by atoms with Crippen LogP contribution in [0.3, 0.4) is 0 Å². The maximum atomic E-state index is 12.6. The number of methoxy groups -OCH3 is 1. The smallest absolute Gasteiger partial charge is 0.286 e. The fourth-order valence-electron chi connectivity index (χ4n) is 3.45. The molecule has 0 unspecified atom stereocenters. The average Bonchev–Trinajstić information content (AvgIpc) is 3.47. The van der Waals surface area contributed by atoms with Crippen LogP contribution in [-0.4, -0.2) is 70.0 Å². The number of hydrogen-bond donors (Lipinski definition) is 2. The number of allylic oxidation sites excluding steroid dienone is 2. The third-order valence-electron chi connectivity index (χ3n) is 5.58. The van der Waals surface area contributed by atoms with E-state index >= 15 is 0 Å². The number of sulfone groups is 1. The molecule has 1 amide bonds. The SMILES string of the molecule is C#C/C=C\C1=C(C)S(=O)(=O)NC1=N[C@@H](C)C(=O)N[C@@H](CC)C(=O)c1nnc(COC)o1.CS(=O)(=O)Cc1ccccc1. The summed E-state index contributed by atoms with van der Waals surface area (Å²) in [6, 6.07) is 7.21. The predicted molar refractivity (Wildman–Crippen MR) is 156 cm³/mol. The quantitative estimate of drug-likeness (QED) is 0.277. The molecule has 3 rings (SSSR count). The van der Waals surface area contributed by atoms with E-state index in [1.165, 1.54) is 39.4 Å². The van der Waals surface area contributed by atoms with Gasteiger partial charge in [-0.2, -0.15) is 0 Å². The molecule has 2 heterocycles. The number of aromatic nitrogens is 2. The summed E-state index contributed by atoms with van der Waals surface area (Å²) < 4.78 is 58.2. The van der Waals surface area contributed by atoms with Crippen LogP contribution in [0.2, 0.25) is 0 Å². The number of nitrogens with one attached hydrogen (secondary N) is 2. The Bertz CT molecular complexity index is 1620. The molecule has 0 spiro atoms. The summed E-state index contributed by atoms with van der Waals surface area (Å²) in [7, 11) is -5.18. The molecular weight excluding hydrogens is 586 g/mol. The molecule has 1 aromatic heterocycles. The molecule has 0 radical (unpaired) electrons. The van der Waals surface area contributed by atoms with Crippen molar-refractivity contribution in [1.29, 1.82) is 0 Å². The lowest BCUT2D eigenvalue weighted by Gasteiger charge is -2.16. The van der Waals surface area contributed by atoms with Gasteiger partial charge in [0, 0.05) is 18.9 Å². The van der Waals surface area contributed by atoms with Crippen molar-refractivity contribution in [3.8, 4) is 12.3 Å². The van der Waals surface area contributed by atoms with Gasteiger partial charge in [0.1, 0.15) is 18.5 Å². The van der Waals surface area contributed by atoms with Crippen molar-refractivity contribution < 1.29 is 35.6 Å². The number of sulfonamides is 1. The first kappa shape index (κ1) is 34.1. The van der Waals surface area contributed by atoms with Gasteiger partial charge in [0.2, 0.25) is 17.6 Å². The van der Waals surface area contributed by atoms with Crippen LogP contribution in [0, 0.1) is 12.3 Å². The molecule has 0 bridgehead atoms. The Morgan fingerprint density at radius 2 is 1.93 bits per heavy atom. The molecule has 2 atom stereocenters. The number of aliphatic imine (C=N–C) groups is 1. The number of carbonyl (C=O) groups is 2. The van der Waals surface area contributed by atoms with Gasteiger partial charge in [-0.05, 0) is 38.0 Å². The summed E-state index contributed by atoms with van der Waals surface area (Å²) in [6.45, 7) is 4.62. The minimum atomic E-state index is -3.75. The van der Waals surface area contributed by atoms with Crippen molar-refractivity contribution in [3.63, 3.8) is 0 Å². The highest BCUT2D eigenvalue weighted by atomic mass is 32.2. The van der Waals surface area contributed by atoms with Crippen LogP contribution in [0.4, 0.5) is 0 Å². The molecule has 13 nitrogen and oxygen atoms in total. The molecular formula is C27H33N5O8S2. The van der Waals surface area contributed by atoms with E-state index in [-0.39, 0.29) is 46.9 Å². The number of amides is 1. The molecule has 0 saturated heterocycles. The number of ketones is 1. The van der Waals surface area contributed by atoms with E-state index in [0.717, 1.165) is 5.56 Å². The first-order valence-electron chi connectivity index (χ1n) is 12.5. The van der Waals surface area contributed by atoms with Crippen LogP contribution in [0.25, 0.3) is 0 Å². The Hall–Kier alpha value is -4.13. The van der Waals surface area contributed by atoms with Gasteiger partial charge >= 0.3 is 0 Å². The van der Waals surface area contributed by atoms with Crippen LogP contribution in [-0.2, 0) is 41.8 Å². The summed E-state index contributed by atoms with van der Waals surface area (Å²) >= 11 is 0. The van der Waals surface area contributed by atoms with Gasteiger partial charge in [-0.1, -0.05) is 43.2 Å². The molecule has 15 heteroatoms. The summed E-state index contributed by atoms with van der Waals surface area (Å²) in [5.74, 6) is 1.14. The summed E-state index contributed by atoms with van der Waals surface area (Å²) in [4.78, 5) is 29.4. The van der Waals surface area contributed by atoms with Gasteiger partial charge in [-0.25, -0.2) is 16.8 Å². The second-order valence-corrected chi connectivity index (χ2v) is 13.0. The highest BCUT2D eigenvalue weighted by Crippen LogP contribution is 2.21. The summed E-state index contributed by atoms with van der Waals surface area (Å²) in [6.07, 6.45) is 9.44. The molecule has 2 aromatic rings. The lowest BCUT2D eigenvalue weighted by Crippen LogP contribution is -2.44. The van der Waals surface area contributed by atoms with Crippen LogP contribution in [0.5, 0.6) is 0 Å². The number of benzene rings is 1. The third-order valence-corrected chi connectivity index (χ3v) is 7.92. The standard InChI is InChI=1S/C19H23N5O6S.C8H10O2S/c1-6-8-9-13-12(4)31(27,28)24-17(13)20-11(3)18(26)21-14(7-2)16(25)19-23-22-15(30-19)10-29-5;1-11(9,10)7-8-5-3-2-4-6-8/h1,8-9,11,14H,7,10H2,2-5H3,(H,20,24)(H,21,26);2-6H,7H2,1H3/b9-8-;/t11-,14-;/m0./s1. The fraction of sp³-hybridized carbons (Fsp3) is 0.370. The Labute approximate surface area is 245 Å². The van der Waals surface area contributed by atoms with Crippen LogP contribution < -0.4 is 10.0 Å². The lowest BCUT2D eigenvalue weighted by atomic mass is 10.1. The number of carbonyl (C=O) groups excluding carboxylic acids is 2. The van der Waals surface area contributed by atoms with E-state index in [1.807, 2.05) is 18.2 Å². The number of ether oxygens (including phenoxy) is 1. The van der Waals surface area contributed by atoms with Gasteiger partial charge in [-0.15, -0.1) is 16.6 Å². The van der Waals surface area contributed by atoms with E-state index in [1.54, 1.807) is 19.1 Å². The number of rotatable bonds is 11.